The van der Waals surface area contributed by atoms with E-state index in [4.69, 9.17) is 4.74 Å². The molecule has 2 fully saturated rings. The molecule has 0 aromatic heterocycles. The number of hydrogen-bond donors (Lipinski definition) is 2. The molecule has 1 saturated carbocycles. The Hall–Kier alpha value is -1.30. The molecular weight excluding hydrogens is 260 g/mol. The highest BCUT2D eigenvalue weighted by molar-refractivity contribution is 5.78. The first-order valence-electron chi connectivity index (χ1n) is 7.32. The molecule has 114 valence electrons. The van der Waals surface area contributed by atoms with E-state index in [0.717, 1.165) is 19.3 Å². The van der Waals surface area contributed by atoms with E-state index in [1.165, 1.54) is 0 Å². The number of nitrogens with zero attached hydrogens (tertiary/aromatic N) is 1. The molecule has 2 aliphatic rings. The number of aliphatic carboxylic acids is 1. The number of amides is 2. The number of nitrogens with one attached hydrogen (secondary N) is 1. The van der Waals surface area contributed by atoms with Crippen molar-refractivity contribution in [2.45, 2.75) is 51.2 Å². The zero-order chi connectivity index (χ0) is 14.8. The molecule has 20 heavy (non-hydrogen) atoms. The topological polar surface area (TPSA) is 78.9 Å². The SMILES string of the molecule is CC1OCCC1N(C)C(=O)NCC1(C(=O)O)CCCC1. The molecule has 2 amide bonds. The average molecular weight is 284 g/mol. The monoisotopic (exact) mass is 284 g/mol. The third kappa shape index (κ3) is 2.90. The summed E-state index contributed by atoms with van der Waals surface area (Å²) in [6.07, 6.45) is 4.00. The summed E-state index contributed by atoms with van der Waals surface area (Å²) in [7, 11) is 1.74. The van der Waals surface area contributed by atoms with Crippen molar-refractivity contribution in [2.75, 3.05) is 20.2 Å². The van der Waals surface area contributed by atoms with Gasteiger partial charge in [0.05, 0.1) is 17.6 Å². The average Bonchev–Trinajstić information content (AvgIpc) is 3.04. The van der Waals surface area contributed by atoms with E-state index in [0.29, 0.717) is 19.4 Å². The van der Waals surface area contributed by atoms with Gasteiger partial charge in [-0.1, -0.05) is 12.8 Å². The second-order valence-electron chi connectivity index (χ2n) is 5.99. The van der Waals surface area contributed by atoms with Crippen molar-refractivity contribution in [2.24, 2.45) is 5.41 Å². The Kier molecular flexibility index (Phi) is 4.52. The summed E-state index contributed by atoms with van der Waals surface area (Å²) in [5.41, 5.74) is -0.770. The molecule has 6 heteroatoms. The van der Waals surface area contributed by atoms with Crippen LogP contribution < -0.4 is 5.32 Å². The van der Waals surface area contributed by atoms with Gasteiger partial charge in [0.1, 0.15) is 0 Å². The summed E-state index contributed by atoms with van der Waals surface area (Å²) in [6, 6.07) is -0.140. The summed E-state index contributed by atoms with van der Waals surface area (Å²) in [5, 5.41) is 12.2. The van der Waals surface area contributed by atoms with Gasteiger partial charge in [0.25, 0.3) is 0 Å². The number of carbonyl (C=O) groups is 2. The van der Waals surface area contributed by atoms with Gasteiger partial charge in [-0.15, -0.1) is 0 Å². The van der Waals surface area contributed by atoms with Crippen LogP contribution in [0.15, 0.2) is 0 Å². The molecule has 0 aromatic carbocycles. The number of likely N-dealkylation sites (N-methyl/N-ethyl adjacent to an activating group) is 1. The van der Waals surface area contributed by atoms with Gasteiger partial charge in [0.15, 0.2) is 0 Å². The van der Waals surface area contributed by atoms with Crippen molar-refractivity contribution in [1.82, 2.24) is 10.2 Å². The zero-order valence-electron chi connectivity index (χ0n) is 12.2. The molecule has 2 rings (SSSR count). The second-order valence-corrected chi connectivity index (χ2v) is 5.99. The molecule has 0 radical (unpaired) electrons. The van der Waals surface area contributed by atoms with Gasteiger partial charge in [0, 0.05) is 20.2 Å². The van der Waals surface area contributed by atoms with E-state index >= 15 is 0 Å². The van der Waals surface area contributed by atoms with Crippen molar-refractivity contribution < 1.29 is 19.4 Å². The fourth-order valence-electron chi connectivity index (χ4n) is 3.27. The van der Waals surface area contributed by atoms with E-state index in [1.807, 2.05) is 6.92 Å². The summed E-state index contributed by atoms with van der Waals surface area (Å²) in [6.45, 7) is 2.84. The molecule has 2 unspecified atom stereocenters. The molecule has 1 heterocycles. The van der Waals surface area contributed by atoms with Crippen molar-refractivity contribution in [3.05, 3.63) is 0 Å². The Labute approximate surface area is 119 Å². The maximum atomic E-state index is 12.2. The minimum atomic E-state index is -0.796. The highest BCUT2D eigenvalue weighted by Crippen LogP contribution is 2.37. The van der Waals surface area contributed by atoms with Crippen LogP contribution in [0.1, 0.15) is 39.0 Å². The molecule has 0 aromatic rings. The predicted octanol–water partition coefficient (Wildman–Crippen LogP) is 1.45. The third-order valence-corrected chi connectivity index (χ3v) is 4.75. The van der Waals surface area contributed by atoms with Crippen LogP contribution in [0.5, 0.6) is 0 Å². The molecule has 1 aliphatic heterocycles. The van der Waals surface area contributed by atoms with Gasteiger partial charge < -0.3 is 20.1 Å². The quantitative estimate of drug-likeness (QED) is 0.819. The molecule has 0 bridgehead atoms. The smallest absolute Gasteiger partial charge is 0.317 e. The van der Waals surface area contributed by atoms with Crippen LogP contribution in [-0.4, -0.2) is 54.4 Å². The van der Waals surface area contributed by atoms with Crippen molar-refractivity contribution in [1.29, 1.82) is 0 Å². The maximum Gasteiger partial charge on any atom is 0.317 e. The second kappa shape index (κ2) is 5.99. The maximum absolute atomic E-state index is 12.2. The van der Waals surface area contributed by atoms with Crippen molar-refractivity contribution >= 4 is 12.0 Å². The van der Waals surface area contributed by atoms with E-state index in [1.54, 1.807) is 11.9 Å². The van der Waals surface area contributed by atoms with Crippen LogP contribution in [0.3, 0.4) is 0 Å². The first-order chi connectivity index (χ1) is 9.46. The van der Waals surface area contributed by atoms with E-state index < -0.39 is 11.4 Å². The van der Waals surface area contributed by atoms with Crippen LogP contribution >= 0.6 is 0 Å². The van der Waals surface area contributed by atoms with Gasteiger partial charge in [-0.3, -0.25) is 4.79 Å². The molecule has 6 nitrogen and oxygen atoms in total. The van der Waals surface area contributed by atoms with Gasteiger partial charge in [-0.2, -0.15) is 0 Å². The number of ether oxygens (including phenoxy) is 1. The highest BCUT2D eigenvalue weighted by Gasteiger charge is 2.42. The number of hydrogen-bond acceptors (Lipinski definition) is 3. The first kappa shape index (κ1) is 15.1. The van der Waals surface area contributed by atoms with E-state index in [-0.39, 0.29) is 24.7 Å². The van der Waals surface area contributed by atoms with Gasteiger partial charge in [0.2, 0.25) is 0 Å². The van der Waals surface area contributed by atoms with Crippen molar-refractivity contribution in [3.63, 3.8) is 0 Å². The number of carboxylic acids is 1. The minimum Gasteiger partial charge on any atom is -0.481 e. The number of carbonyl (C=O) groups excluding carboxylic acids is 1. The Bertz CT molecular complexity index is 379. The lowest BCUT2D eigenvalue weighted by molar-refractivity contribution is -0.148. The number of urea groups is 1. The van der Waals surface area contributed by atoms with Crippen LogP contribution in [0, 0.1) is 5.41 Å². The zero-order valence-corrected chi connectivity index (χ0v) is 12.2. The Morgan fingerprint density at radius 3 is 2.55 bits per heavy atom. The minimum absolute atomic E-state index is 0.0330. The normalized spacial score (nSPS) is 28.3. The lowest BCUT2D eigenvalue weighted by Crippen LogP contribution is -2.50. The van der Waals surface area contributed by atoms with Gasteiger partial charge in [-0.25, -0.2) is 4.79 Å². The van der Waals surface area contributed by atoms with Crippen molar-refractivity contribution in [3.8, 4) is 0 Å². The lowest BCUT2D eigenvalue weighted by Gasteiger charge is -2.29. The van der Waals surface area contributed by atoms with Crippen LogP contribution in [0.2, 0.25) is 0 Å². The fourth-order valence-corrected chi connectivity index (χ4v) is 3.27. The lowest BCUT2D eigenvalue weighted by atomic mass is 9.86. The standard InChI is InChI=1S/C14H24N2O4/c1-10-11(5-8-20-10)16(2)13(19)15-9-14(12(17)18)6-3-4-7-14/h10-11H,3-9H2,1-2H3,(H,15,19)(H,17,18). The Morgan fingerprint density at radius 1 is 1.40 bits per heavy atom. The van der Waals surface area contributed by atoms with Crippen LogP contribution in [0.4, 0.5) is 4.79 Å². The highest BCUT2D eigenvalue weighted by atomic mass is 16.5. The molecule has 1 saturated heterocycles. The molecule has 2 atom stereocenters. The molecular formula is C14H24N2O4. The van der Waals surface area contributed by atoms with E-state index in [2.05, 4.69) is 5.32 Å². The number of carboxylic acid groups (broad SMARTS) is 1. The molecule has 0 spiro atoms. The molecule has 1 aliphatic carbocycles. The first-order valence-corrected chi connectivity index (χ1v) is 7.32. The largest absolute Gasteiger partial charge is 0.481 e. The van der Waals surface area contributed by atoms with E-state index in [9.17, 15) is 14.7 Å². The Morgan fingerprint density at radius 2 is 2.05 bits per heavy atom. The number of rotatable bonds is 4. The molecule has 2 N–H and O–H groups in total. The summed E-state index contributed by atoms with van der Waals surface area (Å²) >= 11 is 0. The fraction of sp³-hybridized carbons (Fsp3) is 0.857. The summed E-state index contributed by atoms with van der Waals surface area (Å²) in [4.78, 5) is 25.2. The van der Waals surface area contributed by atoms with Gasteiger partial charge >= 0.3 is 12.0 Å². The third-order valence-electron chi connectivity index (χ3n) is 4.75. The summed E-state index contributed by atoms with van der Waals surface area (Å²) in [5.74, 6) is -0.796. The Balaban J connectivity index is 1.89. The predicted molar refractivity (Wildman–Crippen MR) is 73.5 cm³/mol. The van der Waals surface area contributed by atoms with Crippen LogP contribution in [0.25, 0.3) is 0 Å². The van der Waals surface area contributed by atoms with Crippen LogP contribution in [-0.2, 0) is 9.53 Å². The van der Waals surface area contributed by atoms with Gasteiger partial charge in [-0.05, 0) is 26.2 Å². The summed E-state index contributed by atoms with van der Waals surface area (Å²) < 4.78 is 5.46.